The van der Waals surface area contributed by atoms with E-state index >= 15 is 0 Å². The Labute approximate surface area is 147 Å². The topological polar surface area (TPSA) is 17.8 Å². The molecule has 4 aromatic heterocycles. The number of nitrogens with zero attached hydrogens (tertiary/aromatic N) is 2. The predicted molar refractivity (Wildman–Crippen MR) is 102 cm³/mol. The maximum absolute atomic E-state index is 4.85. The maximum atomic E-state index is 4.85. The zero-order valence-electron chi connectivity index (χ0n) is 12.9. The fourth-order valence-electron chi connectivity index (χ4n) is 2.77. The van der Waals surface area contributed by atoms with Gasteiger partial charge in [-0.1, -0.05) is 12.1 Å². The Morgan fingerprint density at radius 3 is 2.61 bits per heavy atom. The Balaban J connectivity index is 1.70. The molecule has 0 N–H and O–H groups in total. The van der Waals surface area contributed by atoms with E-state index in [9.17, 15) is 0 Å². The third-order valence-corrected chi connectivity index (χ3v) is 6.72. The van der Waals surface area contributed by atoms with E-state index in [2.05, 4.69) is 64.9 Å². The van der Waals surface area contributed by atoms with Crippen LogP contribution in [0.5, 0.6) is 0 Å². The summed E-state index contributed by atoms with van der Waals surface area (Å²) >= 11 is 5.28. The Morgan fingerprint density at radius 1 is 1.04 bits per heavy atom. The second-order valence-electron chi connectivity index (χ2n) is 5.47. The first-order valence-electron chi connectivity index (χ1n) is 7.41. The Kier molecular flexibility index (Phi) is 3.93. The first kappa shape index (κ1) is 14.9. The smallest absolute Gasteiger partial charge is 0.134 e. The second-order valence-corrected chi connectivity index (χ2v) is 8.30. The van der Waals surface area contributed by atoms with Gasteiger partial charge >= 0.3 is 0 Å². The summed E-state index contributed by atoms with van der Waals surface area (Å²) in [6.07, 6.45) is 0. The monoisotopic (exact) mass is 356 g/mol. The van der Waals surface area contributed by atoms with Crippen LogP contribution in [0.2, 0.25) is 0 Å². The standard InChI is InChI=1S/C18H16N2S3/c1-12-9-15(13(2)20(12)10-14-5-3-7-21-14)16-11-23-18(19-16)17-6-4-8-22-17/h3-9,11H,10H2,1-2H3. The zero-order chi connectivity index (χ0) is 15.8. The Hall–Kier alpha value is -1.69. The molecule has 0 amide bonds. The van der Waals surface area contributed by atoms with E-state index in [0.29, 0.717) is 0 Å². The molecule has 4 heterocycles. The molecule has 0 aliphatic rings. The van der Waals surface area contributed by atoms with E-state index in [4.69, 9.17) is 4.98 Å². The van der Waals surface area contributed by atoms with E-state index < -0.39 is 0 Å². The minimum absolute atomic E-state index is 0.942. The van der Waals surface area contributed by atoms with Crippen LogP contribution in [0, 0.1) is 13.8 Å². The number of aromatic nitrogens is 2. The van der Waals surface area contributed by atoms with Crippen LogP contribution in [-0.4, -0.2) is 9.55 Å². The molecule has 0 saturated carbocycles. The van der Waals surface area contributed by atoms with Gasteiger partial charge < -0.3 is 4.57 Å². The number of hydrogen-bond donors (Lipinski definition) is 0. The van der Waals surface area contributed by atoms with Gasteiger partial charge in [-0.15, -0.1) is 34.0 Å². The number of thiophene rings is 2. The molecule has 0 spiro atoms. The van der Waals surface area contributed by atoms with Gasteiger partial charge in [0.15, 0.2) is 0 Å². The fraction of sp³-hybridized carbons (Fsp3) is 0.167. The summed E-state index contributed by atoms with van der Waals surface area (Å²) in [7, 11) is 0. The van der Waals surface area contributed by atoms with Crippen molar-refractivity contribution in [3.63, 3.8) is 0 Å². The SMILES string of the molecule is Cc1cc(-c2csc(-c3cccs3)n2)c(C)n1Cc1cccs1. The molecule has 0 bridgehead atoms. The largest absolute Gasteiger partial charge is 0.343 e. The second kappa shape index (κ2) is 6.07. The molecule has 0 aromatic carbocycles. The van der Waals surface area contributed by atoms with Crippen molar-refractivity contribution in [2.45, 2.75) is 20.4 Å². The van der Waals surface area contributed by atoms with Crippen molar-refractivity contribution in [2.24, 2.45) is 0 Å². The lowest BCUT2D eigenvalue weighted by Gasteiger charge is -2.08. The summed E-state index contributed by atoms with van der Waals surface area (Å²) in [6.45, 7) is 5.31. The average Bonchev–Trinajstić information content (AvgIpc) is 3.31. The van der Waals surface area contributed by atoms with Gasteiger partial charge in [0, 0.05) is 27.2 Å². The highest BCUT2D eigenvalue weighted by Crippen LogP contribution is 2.34. The molecule has 0 aliphatic heterocycles. The van der Waals surface area contributed by atoms with Crippen molar-refractivity contribution in [3.05, 3.63) is 62.7 Å². The van der Waals surface area contributed by atoms with Gasteiger partial charge in [-0.2, -0.15) is 0 Å². The molecule has 4 rings (SSSR count). The summed E-state index contributed by atoms with van der Waals surface area (Å²) < 4.78 is 2.38. The highest BCUT2D eigenvalue weighted by Gasteiger charge is 2.15. The Bertz CT molecular complexity index is 912. The lowest BCUT2D eigenvalue weighted by molar-refractivity contribution is 0.760. The maximum Gasteiger partial charge on any atom is 0.134 e. The van der Waals surface area contributed by atoms with E-state index in [0.717, 1.165) is 17.2 Å². The molecule has 4 aromatic rings. The molecule has 2 nitrogen and oxygen atoms in total. The van der Waals surface area contributed by atoms with Crippen molar-refractivity contribution in [1.29, 1.82) is 0 Å². The molecule has 0 saturated heterocycles. The molecule has 0 radical (unpaired) electrons. The van der Waals surface area contributed by atoms with Crippen molar-refractivity contribution in [2.75, 3.05) is 0 Å². The van der Waals surface area contributed by atoms with Crippen LogP contribution in [0.4, 0.5) is 0 Å². The lowest BCUT2D eigenvalue weighted by Crippen LogP contribution is -2.02. The number of aryl methyl sites for hydroxylation is 1. The van der Waals surface area contributed by atoms with Gasteiger partial charge in [-0.3, -0.25) is 0 Å². The van der Waals surface area contributed by atoms with Crippen LogP contribution in [0.25, 0.3) is 21.1 Å². The van der Waals surface area contributed by atoms with Crippen molar-refractivity contribution >= 4 is 34.0 Å². The van der Waals surface area contributed by atoms with E-state index in [1.165, 1.54) is 26.7 Å². The van der Waals surface area contributed by atoms with Crippen LogP contribution in [-0.2, 0) is 6.54 Å². The van der Waals surface area contributed by atoms with Gasteiger partial charge in [0.05, 0.1) is 17.1 Å². The minimum Gasteiger partial charge on any atom is -0.343 e. The van der Waals surface area contributed by atoms with Crippen LogP contribution >= 0.6 is 34.0 Å². The summed E-state index contributed by atoms with van der Waals surface area (Å²) in [6, 6.07) is 10.8. The number of thiazole rings is 1. The number of hydrogen-bond acceptors (Lipinski definition) is 4. The van der Waals surface area contributed by atoms with Gasteiger partial charge in [0.1, 0.15) is 5.01 Å². The quantitative estimate of drug-likeness (QED) is 0.434. The molecule has 23 heavy (non-hydrogen) atoms. The van der Waals surface area contributed by atoms with Gasteiger partial charge in [0.2, 0.25) is 0 Å². The molecule has 116 valence electrons. The first-order chi connectivity index (χ1) is 11.2. The van der Waals surface area contributed by atoms with Crippen molar-refractivity contribution in [3.8, 4) is 21.1 Å². The Morgan fingerprint density at radius 2 is 1.87 bits per heavy atom. The fourth-order valence-corrected chi connectivity index (χ4v) is 5.10. The summed E-state index contributed by atoms with van der Waals surface area (Å²) in [5.41, 5.74) is 4.91. The van der Waals surface area contributed by atoms with Crippen LogP contribution in [0.15, 0.2) is 46.5 Å². The normalized spacial score (nSPS) is 11.2. The third kappa shape index (κ3) is 2.80. The van der Waals surface area contributed by atoms with Gasteiger partial charge in [0.25, 0.3) is 0 Å². The molecule has 5 heteroatoms. The first-order valence-corrected chi connectivity index (χ1v) is 10.0. The summed E-state index contributed by atoms with van der Waals surface area (Å²) in [5, 5.41) is 7.52. The zero-order valence-corrected chi connectivity index (χ0v) is 15.4. The lowest BCUT2D eigenvalue weighted by atomic mass is 10.2. The molecule has 0 atom stereocenters. The minimum atomic E-state index is 0.942. The van der Waals surface area contributed by atoms with Gasteiger partial charge in [-0.05, 0) is 42.8 Å². The summed E-state index contributed by atoms with van der Waals surface area (Å²) in [4.78, 5) is 7.48. The highest BCUT2D eigenvalue weighted by molar-refractivity contribution is 7.20. The third-order valence-electron chi connectivity index (χ3n) is 3.98. The summed E-state index contributed by atoms with van der Waals surface area (Å²) in [5.74, 6) is 0. The molecular weight excluding hydrogens is 340 g/mol. The van der Waals surface area contributed by atoms with Crippen LogP contribution in [0.3, 0.4) is 0 Å². The van der Waals surface area contributed by atoms with E-state index in [-0.39, 0.29) is 0 Å². The molecular formula is C18H16N2S3. The highest BCUT2D eigenvalue weighted by atomic mass is 32.1. The van der Waals surface area contributed by atoms with Gasteiger partial charge in [-0.25, -0.2) is 4.98 Å². The number of rotatable bonds is 4. The average molecular weight is 357 g/mol. The van der Waals surface area contributed by atoms with Crippen molar-refractivity contribution in [1.82, 2.24) is 9.55 Å². The van der Waals surface area contributed by atoms with Crippen LogP contribution in [0.1, 0.15) is 16.3 Å². The molecule has 0 unspecified atom stereocenters. The molecule has 0 fully saturated rings. The van der Waals surface area contributed by atoms with E-state index in [1.54, 1.807) is 22.7 Å². The van der Waals surface area contributed by atoms with Crippen LogP contribution < -0.4 is 0 Å². The predicted octanol–water partition coefficient (Wildman–Crippen LogP) is 6.07. The molecule has 0 aliphatic carbocycles. The van der Waals surface area contributed by atoms with E-state index in [1.807, 2.05) is 11.3 Å². The van der Waals surface area contributed by atoms with Crippen molar-refractivity contribution < 1.29 is 0 Å².